The summed E-state index contributed by atoms with van der Waals surface area (Å²) in [5, 5.41) is 14.7. The molecule has 1 atom stereocenters. The van der Waals surface area contributed by atoms with E-state index in [9.17, 15) is 14.9 Å². The van der Waals surface area contributed by atoms with Crippen LogP contribution in [0, 0.1) is 29.9 Å². The van der Waals surface area contributed by atoms with Gasteiger partial charge >= 0.3 is 0 Å². The molecule has 1 unspecified atom stereocenters. The van der Waals surface area contributed by atoms with Gasteiger partial charge in [-0.1, -0.05) is 11.2 Å². The third-order valence-electron chi connectivity index (χ3n) is 3.76. The molecule has 8 nitrogen and oxygen atoms in total. The van der Waals surface area contributed by atoms with Gasteiger partial charge in [0, 0.05) is 30.5 Å². The molecule has 0 aliphatic carbocycles. The van der Waals surface area contributed by atoms with Gasteiger partial charge in [-0.3, -0.25) is 14.9 Å². The predicted molar refractivity (Wildman–Crippen MR) is 77.0 cm³/mol. The van der Waals surface area contributed by atoms with E-state index in [4.69, 9.17) is 5.53 Å². The van der Waals surface area contributed by atoms with Gasteiger partial charge in [0.25, 0.3) is 5.69 Å². The van der Waals surface area contributed by atoms with Gasteiger partial charge in [0.1, 0.15) is 5.69 Å². The first kappa shape index (κ1) is 14.8. The molecule has 1 aliphatic heterocycles. The van der Waals surface area contributed by atoms with E-state index in [1.54, 1.807) is 13.0 Å². The second kappa shape index (κ2) is 5.80. The lowest BCUT2D eigenvalue weighted by Gasteiger charge is -2.20. The zero-order valence-corrected chi connectivity index (χ0v) is 11.8. The number of azide groups is 1. The maximum atomic E-state index is 12.2. The number of amides is 1. The minimum absolute atomic E-state index is 0.0733. The molecule has 1 aromatic carbocycles. The van der Waals surface area contributed by atoms with Crippen LogP contribution in [-0.4, -0.2) is 23.9 Å². The van der Waals surface area contributed by atoms with Crippen LogP contribution in [0.4, 0.5) is 11.4 Å². The van der Waals surface area contributed by atoms with Crippen LogP contribution in [0.3, 0.4) is 0 Å². The van der Waals surface area contributed by atoms with Crippen molar-refractivity contribution in [2.24, 2.45) is 11.0 Å². The molecule has 1 saturated heterocycles. The first-order valence-corrected chi connectivity index (χ1v) is 6.51. The van der Waals surface area contributed by atoms with Crippen molar-refractivity contribution in [1.29, 1.82) is 0 Å². The number of benzene rings is 1. The summed E-state index contributed by atoms with van der Waals surface area (Å²) in [7, 11) is 0. The molecule has 1 heterocycles. The van der Waals surface area contributed by atoms with Gasteiger partial charge < -0.3 is 4.90 Å². The molecule has 0 saturated carbocycles. The van der Waals surface area contributed by atoms with Crippen molar-refractivity contribution in [2.45, 2.75) is 20.3 Å². The highest BCUT2D eigenvalue weighted by atomic mass is 16.6. The normalized spacial score (nSPS) is 17.7. The van der Waals surface area contributed by atoms with Gasteiger partial charge in [0.05, 0.1) is 4.92 Å². The third kappa shape index (κ3) is 2.80. The van der Waals surface area contributed by atoms with Gasteiger partial charge in [-0.25, -0.2) is 0 Å². The fourth-order valence-corrected chi connectivity index (χ4v) is 2.55. The molecule has 8 heteroatoms. The van der Waals surface area contributed by atoms with Gasteiger partial charge in [0.15, 0.2) is 0 Å². The van der Waals surface area contributed by atoms with Crippen LogP contribution in [-0.2, 0) is 4.79 Å². The average Bonchev–Trinajstić information content (AvgIpc) is 2.80. The highest BCUT2D eigenvalue weighted by molar-refractivity contribution is 5.99. The number of hydrogen-bond donors (Lipinski definition) is 0. The fourth-order valence-electron chi connectivity index (χ4n) is 2.55. The molecule has 1 aliphatic rings. The number of nitro benzene ring substituents is 1. The minimum atomic E-state index is -0.476. The van der Waals surface area contributed by atoms with Crippen LogP contribution in [0.15, 0.2) is 17.2 Å². The Kier molecular flexibility index (Phi) is 4.09. The van der Waals surface area contributed by atoms with Crippen molar-refractivity contribution < 1.29 is 9.72 Å². The smallest absolute Gasteiger partial charge is 0.293 e. The van der Waals surface area contributed by atoms with Gasteiger partial charge in [0.2, 0.25) is 5.91 Å². The highest BCUT2D eigenvalue weighted by Gasteiger charge is 2.35. The molecule has 0 aromatic heterocycles. The minimum Gasteiger partial charge on any atom is -0.306 e. The van der Waals surface area contributed by atoms with E-state index in [2.05, 4.69) is 10.0 Å². The lowest BCUT2D eigenvalue weighted by atomic mass is 10.1. The monoisotopic (exact) mass is 289 g/mol. The largest absolute Gasteiger partial charge is 0.306 e. The maximum Gasteiger partial charge on any atom is 0.293 e. The SMILES string of the molecule is Cc1ccc([N+](=O)[O-])c(N2CC(CN=[N+]=[N-])CC2=O)c1C. The fraction of sp³-hybridized carbons (Fsp3) is 0.462. The summed E-state index contributed by atoms with van der Waals surface area (Å²) in [6.07, 6.45) is 0.240. The van der Waals surface area contributed by atoms with Gasteiger partial charge in [-0.15, -0.1) is 0 Å². The molecule has 0 radical (unpaired) electrons. The molecule has 1 aromatic rings. The molecule has 1 fully saturated rings. The summed E-state index contributed by atoms with van der Waals surface area (Å²) in [6, 6.07) is 3.10. The zero-order valence-electron chi connectivity index (χ0n) is 11.8. The second-order valence-corrected chi connectivity index (χ2v) is 5.12. The molecule has 0 spiro atoms. The lowest BCUT2D eigenvalue weighted by molar-refractivity contribution is -0.384. The number of aryl methyl sites for hydroxylation is 1. The Morgan fingerprint density at radius 3 is 2.86 bits per heavy atom. The lowest BCUT2D eigenvalue weighted by Crippen LogP contribution is -2.26. The van der Waals surface area contributed by atoms with Crippen LogP contribution in [0.2, 0.25) is 0 Å². The molecular weight excluding hydrogens is 274 g/mol. The molecule has 1 amide bonds. The van der Waals surface area contributed by atoms with E-state index in [0.29, 0.717) is 12.2 Å². The number of anilines is 1. The van der Waals surface area contributed by atoms with Crippen LogP contribution in [0.25, 0.3) is 10.4 Å². The standard InChI is InChI=1S/C13H15N5O3/c1-8-3-4-11(18(20)21)13(9(8)2)17-7-10(5-12(17)19)6-15-16-14/h3-4,10H,5-7H2,1-2H3. The van der Waals surface area contributed by atoms with E-state index < -0.39 is 4.92 Å². The first-order chi connectivity index (χ1) is 9.95. The Morgan fingerprint density at radius 2 is 2.24 bits per heavy atom. The Labute approximate surface area is 121 Å². The topological polar surface area (TPSA) is 112 Å². The number of nitrogens with zero attached hydrogens (tertiary/aromatic N) is 5. The number of carbonyl (C=O) groups is 1. The van der Waals surface area contributed by atoms with Crippen molar-refractivity contribution >= 4 is 17.3 Å². The van der Waals surface area contributed by atoms with Crippen molar-refractivity contribution in [3.63, 3.8) is 0 Å². The highest BCUT2D eigenvalue weighted by Crippen LogP contribution is 2.37. The predicted octanol–water partition coefficient (Wildman–Crippen LogP) is 2.87. The second-order valence-electron chi connectivity index (χ2n) is 5.12. The van der Waals surface area contributed by atoms with Crippen molar-refractivity contribution in [1.82, 2.24) is 0 Å². The van der Waals surface area contributed by atoms with Crippen LogP contribution < -0.4 is 4.90 Å². The molecule has 2 rings (SSSR count). The summed E-state index contributed by atoms with van der Waals surface area (Å²) in [4.78, 5) is 27.0. The summed E-state index contributed by atoms with van der Waals surface area (Å²) < 4.78 is 0. The quantitative estimate of drug-likeness (QED) is 0.279. The van der Waals surface area contributed by atoms with E-state index >= 15 is 0 Å². The number of carbonyl (C=O) groups excluding carboxylic acids is 1. The van der Waals surface area contributed by atoms with Crippen LogP contribution in [0.1, 0.15) is 17.5 Å². The van der Waals surface area contributed by atoms with Crippen molar-refractivity contribution in [2.75, 3.05) is 18.0 Å². The first-order valence-electron chi connectivity index (χ1n) is 6.51. The Bertz CT molecular complexity index is 651. The molecular formula is C13H15N5O3. The van der Waals surface area contributed by atoms with Crippen molar-refractivity contribution in [3.05, 3.63) is 43.8 Å². The molecule has 21 heavy (non-hydrogen) atoms. The number of nitro groups is 1. The Balaban J connectivity index is 2.42. The van der Waals surface area contributed by atoms with Gasteiger partial charge in [-0.2, -0.15) is 0 Å². The summed E-state index contributed by atoms with van der Waals surface area (Å²) in [6.45, 7) is 4.17. The maximum absolute atomic E-state index is 12.2. The molecule has 110 valence electrons. The summed E-state index contributed by atoms with van der Waals surface area (Å²) in [5.74, 6) is -0.280. The average molecular weight is 289 g/mol. The zero-order chi connectivity index (χ0) is 15.6. The third-order valence-corrected chi connectivity index (χ3v) is 3.76. The van der Waals surface area contributed by atoms with Crippen LogP contribution in [0.5, 0.6) is 0 Å². The molecule has 0 N–H and O–H groups in total. The van der Waals surface area contributed by atoms with E-state index in [1.165, 1.54) is 11.0 Å². The van der Waals surface area contributed by atoms with E-state index in [0.717, 1.165) is 11.1 Å². The summed E-state index contributed by atoms with van der Waals surface area (Å²) in [5.41, 5.74) is 10.2. The molecule has 0 bridgehead atoms. The van der Waals surface area contributed by atoms with Crippen molar-refractivity contribution in [3.8, 4) is 0 Å². The van der Waals surface area contributed by atoms with Crippen LogP contribution >= 0.6 is 0 Å². The summed E-state index contributed by atoms with van der Waals surface area (Å²) >= 11 is 0. The number of rotatable bonds is 4. The van der Waals surface area contributed by atoms with Gasteiger partial charge in [-0.05, 0) is 36.4 Å². The van der Waals surface area contributed by atoms with E-state index in [-0.39, 0.29) is 30.5 Å². The Morgan fingerprint density at radius 1 is 1.52 bits per heavy atom. The number of hydrogen-bond acceptors (Lipinski definition) is 4. The van der Waals surface area contributed by atoms with E-state index in [1.807, 2.05) is 6.92 Å². The Hall–Kier alpha value is -2.60.